The van der Waals surface area contributed by atoms with E-state index in [1.807, 2.05) is 0 Å². The van der Waals surface area contributed by atoms with Crippen molar-refractivity contribution >= 4 is 23.2 Å². The van der Waals surface area contributed by atoms with E-state index in [0.29, 0.717) is 16.4 Å². The van der Waals surface area contributed by atoms with Crippen LogP contribution in [0.1, 0.15) is 18.5 Å². The van der Waals surface area contributed by atoms with Gasteiger partial charge in [-0.1, -0.05) is 17.7 Å². The van der Waals surface area contributed by atoms with Crippen LogP contribution in [0.15, 0.2) is 49.1 Å². The Labute approximate surface area is 159 Å². The third-order valence-electron chi connectivity index (χ3n) is 3.90. The monoisotopic (exact) mass is 391 g/mol. The van der Waals surface area contributed by atoms with E-state index in [1.54, 1.807) is 25.1 Å². The van der Waals surface area contributed by atoms with Crippen molar-refractivity contribution in [2.45, 2.75) is 13.0 Å². The van der Waals surface area contributed by atoms with E-state index in [9.17, 15) is 13.6 Å². The van der Waals surface area contributed by atoms with Crippen molar-refractivity contribution in [2.24, 2.45) is 0 Å². The molecule has 1 aromatic heterocycles. The molecule has 6 nitrogen and oxygen atoms in total. The van der Waals surface area contributed by atoms with Gasteiger partial charge in [-0.15, -0.1) is 0 Å². The fourth-order valence-corrected chi connectivity index (χ4v) is 2.72. The third kappa shape index (κ3) is 4.66. The first-order valence-electron chi connectivity index (χ1n) is 8.07. The molecule has 0 radical (unpaired) electrons. The first-order chi connectivity index (χ1) is 12.9. The van der Waals surface area contributed by atoms with Crippen LogP contribution in [0.25, 0.3) is 5.69 Å². The molecule has 0 aliphatic carbocycles. The van der Waals surface area contributed by atoms with Gasteiger partial charge in [0.15, 0.2) is 0 Å². The molecule has 1 atom stereocenters. The Hall–Kier alpha value is -2.84. The molecule has 0 aliphatic heterocycles. The molecule has 1 heterocycles. The van der Waals surface area contributed by atoms with E-state index < -0.39 is 17.7 Å². The lowest BCUT2D eigenvalue weighted by molar-refractivity contribution is -0.115. The van der Waals surface area contributed by atoms with Crippen LogP contribution in [0.4, 0.5) is 14.5 Å². The van der Waals surface area contributed by atoms with Gasteiger partial charge in [-0.25, -0.2) is 18.4 Å². The van der Waals surface area contributed by atoms with E-state index in [2.05, 4.69) is 20.7 Å². The molecule has 2 aromatic carbocycles. The van der Waals surface area contributed by atoms with Gasteiger partial charge in [-0.3, -0.25) is 4.79 Å². The van der Waals surface area contributed by atoms with E-state index in [-0.39, 0.29) is 18.0 Å². The van der Waals surface area contributed by atoms with Crippen molar-refractivity contribution < 1.29 is 13.6 Å². The average Bonchev–Trinajstić information content (AvgIpc) is 3.14. The number of carbonyl (C=O) groups is 1. The summed E-state index contributed by atoms with van der Waals surface area (Å²) in [4.78, 5) is 16.2. The quantitative estimate of drug-likeness (QED) is 0.674. The van der Waals surface area contributed by atoms with Gasteiger partial charge in [0.05, 0.1) is 17.9 Å². The smallest absolute Gasteiger partial charge is 0.238 e. The van der Waals surface area contributed by atoms with Crippen LogP contribution in [0.2, 0.25) is 5.02 Å². The second kappa shape index (κ2) is 8.24. The highest BCUT2D eigenvalue weighted by Gasteiger charge is 2.14. The van der Waals surface area contributed by atoms with Crippen molar-refractivity contribution in [1.82, 2.24) is 20.1 Å². The standard InChI is InChI=1S/C18H16ClF2N5O/c1-11(14-4-3-13(20)7-15(14)21)23-8-18(27)25-16-6-12(19)2-5-17(16)26-10-22-9-24-26/h2-7,9-11,23H,8H2,1H3,(H,25,27). The molecule has 0 saturated heterocycles. The first kappa shape index (κ1) is 18.9. The van der Waals surface area contributed by atoms with Crippen LogP contribution in [-0.2, 0) is 4.79 Å². The predicted molar refractivity (Wildman–Crippen MR) is 97.8 cm³/mol. The Morgan fingerprint density at radius 2 is 2.07 bits per heavy atom. The predicted octanol–water partition coefficient (Wildman–Crippen LogP) is 3.49. The van der Waals surface area contributed by atoms with Crippen molar-refractivity contribution in [2.75, 3.05) is 11.9 Å². The minimum atomic E-state index is -0.668. The van der Waals surface area contributed by atoms with Crippen molar-refractivity contribution in [3.05, 3.63) is 71.3 Å². The van der Waals surface area contributed by atoms with Gasteiger partial charge in [0, 0.05) is 22.7 Å². The summed E-state index contributed by atoms with van der Waals surface area (Å²) in [5.41, 5.74) is 1.33. The second-order valence-electron chi connectivity index (χ2n) is 5.82. The molecule has 0 aliphatic rings. The Morgan fingerprint density at radius 3 is 2.78 bits per heavy atom. The third-order valence-corrected chi connectivity index (χ3v) is 4.13. The second-order valence-corrected chi connectivity index (χ2v) is 6.25. The molecular formula is C18H16ClF2N5O. The van der Waals surface area contributed by atoms with E-state index in [1.165, 1.54) is 29.5 Å². The number of halogens is 3. The van der Waals surface area contributed by atoms with Crippen LogP contribution in [0, 0.1) is 11.6 Å². The number of benzene rings is 2. The molecule has 0 fully saturated rings. The number of nitrogens with one attached hydrogen (secondary N) is 2. The highest BCUT2D eigenvalue weighted by Crippen LogP contribution is 2.24. The van der Waals surface area contributed by atoms with Crippen molar-refractivity contribution in [3.8, 4) is 5.69 Å². The molecule has 3 rings (SSSR count). The first-order valence-corrected chi connectivity index (χ1v) is 8.44. The largest absolute Gasteiger partial charge is 0.323 e. The van der Waals surface area contributed by atoms with Crippen LogP contribution in [0.5, 0.6) is 0 Å². The fourth-order valence-electron chi connectivity index (χ4n) is 2.54. The summed E-state index contributed by atoms with van der Waals surface area (Å²) < 4.78 is 28.3. The molecule has 0 spiro atoms. The van der Waals surface area contributed by atoms with Crippen LogP contribution >= 0.6 is 11.6 Å². The zero-order chi connectivity index (χ0) is 19.4. The summed E-state index contributed by atoms with van der Waals surface area (Å²) >= 11 is 6.01. The number of hydrogen-bond donors (Lipinski definition) is 2. The van der Waals surface area contributed by atoms with Gasteiger partial charge in [0.2, 0.25) is 5.91 Å². The number of rotatable bonds is 6. The Bertz CT molecular complexity index is 949. The van der Waals surface area contributed by atoms with Crippen LogP contribution < -0.4 is 10.6 Å². The molecule has 0 saturated carbocycles. The molecule has 140 valence electrons. The normalized spacial score (nSPS) is 12.0. The number of amides is 1. The Kier molecular flexibility index (Phi) is 5.78. The summed E-state index contributed by atoms with van der Waals surface area (Å²) in [7, 11) is 0. The van der Waals surface area contributed by atoms with Gasteiger partial charge in [0.1, 0.15) is 24.3 Å². The van der Waals surface area contributed by atoms with Crippen LogP contribution in [0.3, 0.4) is 0 Å². The van der Waals surface area contributed by atoms with Gasteiger partial charge in [-0.05, 0) is 31.2 Å². The number of nitrogens with zero attached hydrogens (tertiary/aromatic N) is 3. The lowest BCUT2D eigenvalue weighted by Crippen LogP contribution is -2.30. The molecule has 1 amide bonds. The maximum atomic E-state index is 13.8. The fraction of sp³-hybridized carbons (Fsp3) is 0.167. The number of hydrogen-bond acceptors (Lipinski definition) is 4. The lowest BCUT2D eigenvalue weighted by atomic mass is 10.1. The molecule has 1 unspecified atom stereocenters. The summed E-state index contributed by atoms with van der Waals surface area (Å²) in [6.45, 7) is 1.60. The van der Waals surface area contributed by atoms with Crippen molar-refractivity contribution in [3.63, 3.8) is 0 Å². The lowest BCUT2D eigenvalue weighted by Gasteiger charge is -2.16. The van der Waals surface area contributed by atoms with Crippen molar-refractivity contribution in [1.29, 1.82) is 0 Å². The van der Waals surface area contributed by atoms with E-state index >= 15 is 0 Å². The number of carbonyl (C=O) groups excluding carboxylic acids is 1. The van der Waals surface area contributed by atoms with Crippen LogP contribution in [-0.4, -0.2) is 27.2 Å². The van der Waals surface area contributed by atoms with Gasteiger partial charge in [-0.2, -0.15) is 5.10 Å². The Morgan fingerprint density at radius 1 is 1.26 bits per heavy atom. The summed E-state index contributed by atoms with van der Waals surface area (Å²) in [6, 6.07) is 7.82. The molecule has 2 N–H and O–H groups in total. The minimum absolute atomic E-state index is 0.0821. The zero-order valence-corrected chi connectivity index (χ0v) is 15.0. The Balaban J connectivity index is 1.67. The maximum Gasteiger partial charge on any atom is 0.238 e. The molecule has 3 aromatic rings. The molecular weight excluding hydrogens is 376 g/mol. The average molecular weight is 392 g/mol. The summed E-state index contributed by atoms with van der Waals surface area (Å²) in [5, 5.41) is 10.1. The number of aromatic nitrogens is 3. The van der Waals surface area contributed by atoms with Gasteiger partial charge >= 0.3 is 0 Å². The van der Waals surface area contributed by atoms with E-state index in [4.69, 9.17) is 11.6 Å². The highest BCUT2D eigenvalue weighted by molar-refractivity contribution is 6.31. The van der Waals surface area contributed by atoms with Gasteiger partial charge < -0.3 is 10.6 Å². The maximum absolute atomic E-state index is 13.8. The van der Waals surface area contributed by atoms with Gasteiger partial charge in [0.25, 0.3) is 0 Å². The summed E-state index contributed by atoms with van der Waals surface area (Å²) in [5.74, 6) is -1.67. The molecule has 9 heteroatoms. The highest BCUT2D eigenvalue weighted by atomic mass is 35.5. The molecule has 27 heavy (non-hydrogen) atoms. The molecule has 0 bridgehead atoms. The summed E-state index contributed by atoms with van der Waals surface area (Å²) in [6.07, 6.45) is 2.87. The van der Waals surface area contributed by atoms with E-state index in [0.717, 1.165) is 6.07 Å². The number of anilines is 1. The zero-order valence-electron chi connectivity index (χ0n) is 14.3. The minimum Gasteiger partial charge on any atom is -0.323 e. The topological polar surface area (TPSA) is 71.8 Å². The SMILES string of the molecule is CC(NCC(=O)Nc1cc(Cl)ccc1-n1cncn1)c1ccc(F)cc1F.